The normalized spacial score (nSPS) is 10.7. The molecule has 2 rings (SSSR count). The van der Waals surface area contributed by atoms with E-state index in [-0.39, 0.29) is 0 Å². The van der Waals surface area contributed by atoms with Gasteiger partial charge in [0.05, 0.1) is 13.3 Å². The largest absolute Gasteiger partial charge is 0.496 e. The summed E-state index contributed by atoms with van der Waals surface area (Å²) in [6.45, 7) is -2.68. The Morgan fingerprint density at radius 3 is 2.78 bits per heavy atom. The lowest BCUT2D eigenvalue weighted by atomic mass is 10.1. The van der Waals surface area contributed by atoms with E-state index in [1.54, 1.807) is 18.2 Å². The maximum Gasteiger partial charge on any atom is 0.333 e. The van der Waals surface area contributed by atoms with Crippen molar-refractivity contribution < 1.29 is 18.3 Å². The van der Waals surface area contributed by atoms with Crippen molar-refractivity contribution in [2.75, 3.05) is 7.11 Å². The number of nitrogens with zero attached hydrogens (tertiary/aromatic N) is 2. The first-order valence-corrected chi connectivity index (χ1v) is 5.11. The Kier molecular flexibility index (Phi) is 3.36. The predicted octanol–water partition coefficient (Wildman–Crippen LogP) is 2.77. The highest BCUT2D eigenvalue weighted by molar-refractivity contribution is 5.80. The van der Waals surface area contributed by atoms with Crippen LogP contribution < -0.4 is 4.74 Å². The van der Waals surface area contributed by atoms with Crippen LogP contribution in [0.3, 0.4) is 0 Å². The Bertz CT molecular complexity index is 567. The molecule has 0 fully saturated rings. The zero-order valence-electron chi connectivity index (χ0n) is 9.51. The molecule has 18 heavy (non-hydrogen) atoms. The summed E-state index contributed by atoms with van der Waals surface area (Å²) in [4.78, 5) is 10.6. The van der Waals surface area contributed by atoms with E-state index in [4.69, 9.17) is 4.74 Å². The van der Waals surface area contributed by atoms with Crippen LogP contribution in [0.2, 0.25) is 0 Å². The van der Waals surface area contributed by atoms with Crippen LogP contribution in [0, 0.1) is 0 Å². The van der Waals surface area contributed by atoms with E-state index in [0.717, 1.165) is 0 Å². The van der Waals surface area contributed by atoms with Crippen LogP contribution in [-0.2, 0) is 0 Å². The van der Waals surface area contributed by atoms with Crippen LogP contribution in [-0.4, -0.2) is 23.2 Å². The molecule has 0 N–H and O–H groups in total. The average molecular weight is 252 g/mol. The maximum absolute atomic E-state index is 12.4. The molecular formula is C12H10F2N2O2. The van der Waals surface area contributed by atoms with Gasteiger partial charge >= 0.3 is 6.55 Å². The topological polar surface area (TPSA) is 44.1 Å². The number of aldehydes is 1. The van der Waals surface area contributed by atoms with Gasteiger partial charge in [-0.1, -0.05) is 6.07 Å². The van der Waals surface area contributed by atoms with E-state index in [2.05, 4.69) is 5.10 Å². The second kappa shape index (κ2) is 4.95. The standard InChI is InChI=1S/C12H10F2N2O2/c1-18-11-4-8(7-17)2-3-10(11)9-5-15-16(6-9)12(13)14/h2-7,12H,1H3. The SMILES string of the molecule is COc1cc(C=O)ccc1-c1cnn(C(F)F)c1. The molecule has 0 atom stereocenters. The van der Waals surface area contributed by atoms with E-state index in [1.165, 1.54) is 19.5 Å². The molecule has 0 bridgehead atoms. The molecule has 0 amide bonds. The smallest absolute Gasteiger partial charge is 0.333 e. The number of rotatable bonds is 4. The predicted molar refractivity (Wildman–Crippen MR) is 60.9 cm³/mol. The van der Waals surface area contributed by atoms with Gasteiger partial charge in [0.2, 0.25) is 0 Å². The Morgan fingerprint density at radius 2 is 2.22 bits per heavy atom. The van der Waals surface area contributed by atoms with Crippen LogP contribution in [0.5, 0.6) is 5.75 Å². The second-order valence-electron chi connectivity index (χ2n) is 3.56. The first kappa shape index (κ1) is 12.2. The molecule has 0 unspecified atom stereocenters. The van der Waals surface area contributed by atoms with Crippen LogP contribution in [0.25, 0.3) is 11.1 Å². The Morgan fingerprint density at radius 1 is 1.44 bits per heavy atom. The summed E-state index contributed by atoms with van der Waals surface area (Å²) in [5.74, 6) is 0.438. The Hall–Kier alpha value is -2.24. The molecule has 0 radical (unpaired) electrons. The van der Waals surface area contributed by atoms with Gasteiger partial charge in [0.15, 0.2) is 0 Å². The number of benzene rings is 1. The molecule has 1 aromatic carbocycles. The zero-order valence-corrected chi connectivity index (χ0v) is 9.51. The van der Waals surface area contributed by atoms with Gasteiger partial charge in [-0.2, -0.15) is 13.9 Å². The molecule has 0 spiro atoms. The molecule has 0 aliphatic rings. The van der Waals surface area contributed by atoms with Crippen molar-refractivity contribution in [3.8, 4) is 16.9 Å². The molecule has 2 aromatic rings. The van der Waals surface area contributed by atoms with Gasteiger partial charge in [-0.15, -0.1) is 0 Å². The van der Waals surface area contributed by atoms with Gasteiger partial charge < -0.3 is 4.74 Å². The van der Waals surface area contributed by atoms with E-state index in [0.29, 0.717) is 33.4 Å². The number of methoxy groups -OCH3 is 1. The summed E-state index contributed by atoms with van der Waals surface area (Å²) >= 11 is 0. The van der Waals surface area contributed by atoms with Crippen molar-refractivity contribution in [2.45, 2.75) is 6.55 Å². The van der Waals surface area contributed by atoms with E-state index in [9.17, 15) is 13.6 Å². The Labute approximate surface area is 102 Å². The number of halogens is 2. The van der Waals surface area contributed by atoms with Crippen molar-refractivity contribution in [3.63, 3.8) is 0 Å². The minimum atomic E-state index is -2.68. The van der Waals surface area contributed by atoms with Crippen LogP contribution in [0.4, 0.5) is 8.78 Å². The van der Waals surface area contributed by atoms with Crippen LogP contribution in [0.15, 0.2) is 30.6 Å². The minimum absolute atomic E-state index is 0.438. The Balaban J connectivity index is 2.45. The number of carbonyl (C=O) groups is 1. The summed E-state index contributed by atoms with van der Waals surface area (Å²) in [6.07, 6.45) is 3.24. The van der Waals surface area contributed by atoms with Crippen LogP contribution >= 0.6 is 0 Å². The van der Waals surface area contributed by atoms with E-state index < -0.39 is 6.55 Å². The molecule has 6 heteroatoms. The number of aromatic nitrogens is 2. The fraction of sp³-hybridized carbons (Fsp3) is 0.167. The first-order valence-electron chi connectivity index (χ1n) is 5.11. The highest BCUT2D eigenvalue weighted by atomic mass is 19.3. The number of hydrogen-bond acceptors (Lipinski definition) is 3. The molecule has 0 saturated heterocycles. The lowest BCUT2D eigenvalue weighted by molar-refractivity contribution is 0.0566. The molecule has 0 aliphatic heterocycles. The number of ether oxygens (including phenoxy) is 1. The summed E-state index contributed by atoms with van der Waals surface area (Å²) in [6, 6.07) is 4.77. The fourth-order valence-electron chi connectivity index (χ4n) is 1.60. The number of alkyl halides is 2. The van der Waals surface area contributed by atoms with Gasteiger partial charge in [-0.3, -0.25) is 4.79 Å². The van der Waals surface area contributed by atoms with Gasteiger partial charge in [-0.25, -0.2) is 4.68 Å². The molecule has 94 valence electrons. The molecule has 4 nitrogen and oxygen atoms in total. The third-order valence-electron chi connectivity index (χ3n) is 2.47. The van der Waals surface area contributed by atoms with Gasteiger partial charge in [0.25, 0.3) is 0 Å². The second-order valence-corrected chi connectivity index (χ2v) is 3.56. The van der Waals surface area contributed by atoms with Crippen molar-refractivity contribution in [3.05, 3.63) is 36.2 Å². The first-order chi connectivity index (χ1) is 8.65. The minimum Gasteiger partial charge on any atom is -0.496 e. The number of hydrogen-bond donors (Lipinski definition) is 0. The van der Waals surface area contributed by atoms with Gasteiger partial charge in [0.1, 0.15) is 12.0 Å². The number of carbonyl (C=O) groups excluding carboxylic acids is 1. The summed E-state index contributed by atoms with van der Waals surface area (Å²) in [5.41, 5.74) is 1.57. The summed E-state index contributed by atoms with van der Waals surface area (Å²) < 4.78 is 30.5. The van der Waals surface area contributed by atoms with Crippen molar-refractivity contribution in [1.82, 2.24) is 9.78 Å². The lowest BCUT2D eigenvalue weighted by Gasteiger charge is -2.07. The maximum atomic E-state index is 12.4. The summed E-state index contributed by atoms with van der Waals surface area (Å²) in [5, 5.41) is 3.55. The van der Waals surface area contributed by atoms with Crippen LogP contribution in [0.1, 0.15) is 16.9 Å². The molecule has 1 heterocycles. The molecule has 1 aromatic heterocycles. The van der Waals surface area contributed by atoms with E-state index >= 15 is 0 Å². The molecule has 0 aliphatic carbocycles. The average Bonchev–Trinajstić information content (AvgIpc) is 2.87. The monoisotopic (exact) mass is 252 g/mol. The van der Waals surface area contributed by atoms with Gasteiger partial charge in [0, 0.05) is 22.9 Å². The highest BCUT2D eigenvalue weighted by Gasteiger charge is 2.12. The summed E-state index contributed by atoms with van der Waals surface area (Å²) in [7, 11) is 1.45. The third-order valence-corrected chi connectivity index (χ3v) is 2.47. The lowest BCUT2D eigenvalue weighted by Crippen LogP contribution is -1.96. The molecule has 0 saturated carbocycles. The van der Waals surface area contributed by atoms with Gasteiger partial charge in [-0.05, 0) is 12.1 Å². The molecular weight excluding hydrogens is 242 g/mol. The quantitative estimate of drug-likeness (QED) is 0.786. The van der Waals surface area contributed by atoms with Crippen molar-refractivity contribution in [2.24, 2.45) is 0 Å². The van der Waals surface area contributed by atoms with Crippen molar-refractivity contribution >= 4 is 6.29 Å². The zero-order chi connectivity index (χ0) is 13.1. The third kappa shape index (κ3) is 2.22. The van der Waals surface area contributed by atoms with E-state index in [1.807, 2.05) is 0 Å². The van der Waals surface area contributed by atoms with Crippen molar-refractivity contribution in [1.29, 1.82) is 0 Å². The fourth-order valence-corrected chi connectivity index (χ4v) is 1.60. The highest BCUT2D eigenvalue weighted by Crippen LogP contribution is 2.30.